The summed E-state index contributed by atoms with van der Waals surface area (Å²) in [7, 11) is 0. The number of pyridine rings is 1. The molecule has 0 spiro atoms. The van der Waals surface area contributed by atoms with Gasteiger partial charge >= 0.3 is 0 Å². The number of hydrogen-bond acceptors (Lipinski definition) is 6. The fourth-order valence-corrected chi connectivity index (χ4v) is 2.36. The third-order valence-corrected chi connectivity index (χ3v) is 3.77. The first-order valence-electron chi connectivity index (χ1n) is 6.40. The normalized spacial score (nSPS) is 10.6. The molecular formula is C14H17N3O2S. The third kappa shape index (κ3) is 3.39. The highest BCUT2D eigenvalue weighted by Crippen LogP contribution is 2.35. The second kappa shape index (κ2) is 6.56. The van der Waals surface area contributed by atoms with Gasteiger partial charge in [0.05, 0.1) is 5.69 Å². The number of nitrogens with zero attached hydrogens (tertiary/aromatic N) is 3. The molecule has 0 radical (unpaired) electrons. The minimum atomic E-state index is -0.0223. The molecule has 5 nitrogen and oxygen atoms in total. The molecule has 0 aliphatic heterocycles. The van der Waals surface area contributed by atoms with Crippen molar-refractivity contribution in [1.82, 2.24) is 15.0 Å². The highest BCUT2D eigenvalue weighted by atomic mass is 32.2. The third-order valence-electron chi connectivity index (χ3n) is 2.58. The van der Waals surface area contributed by atoms with Gasteiger partial charge in [-0.15, -0.1) is 11.8 Å². The van der Waals surface area contributed by atoms with E-state index in [9.17, 15) is 5.11 Å². The Bertz CT molecular complexity index is 605. The maximum absolute atomic E-state index is 10.1. The molecule has 0 aromatic carbocycles. The van der Waals surface area contributed by atoms with Gasteiger partial charge in [0, 0.05) is 5.69 Å². The van der Waals surface area contributed by atoms with Gasteiger partial charge in [-0.3, -0.25) is 4.98 Å². The standard InChI is InChI=1S/C14H17N3O2S/c1-4-7-20-14-12(18)13(15-8-16-14)19-11-6-5-9(2)17-10(11)3/h5-6,8,18H,4,7H2,1-3H3. The van der Waals surface area contributed by atoms with Crippen molar-refractivity contribution >= 4 is 11.8 Å². The molecule has 0 unspecified atom stereocenters. The minimum Gasteiger partial charge on any atom is -0.501 e. The summed E-state index contributed by atoms with van der Waals surface area (Å²) in [6.45, 7) is 5.84. The van der Waals surface area contributed by atoms with Gasteiger partial charge in [-0.1, -0.05) is 6.92 Å². The Morgan fingerprint density at radius 3 is 2.75 bits per heavy atom. The summed E-state index contributed by atoms with van der Waals surface area (Å²) >= 11 is 1.48. The van der Waals surface area contributed by atoms with Crippen molar-refractivity contribution in [3.05, 3.63) is 29.8 Å². The van der Waals surface area contributed by atoms with Gasteiger partial charge in [-0.25, -0.2) is 4.98 Å². The summed E-state index contributed by atoms with van der Waals surface area (Å²) in [6.07, 6.45) is 2.40. The smallest absolute Gasteiger partial charge is 0.266 e. The Balaban J connectivity index is 2.24. The second-order valence-electron chi connectivity index (χ2n) is 4.32. The predicted octanol–water partition coefficient (Wildman–Crippen LogP) is 3.49. The van der Waals surface area contributed by atoms with Gasteiger partial charge in [-0.2, -0.15) is 4.98 Å². The van der Waals surface area contributed by atoms with E-state index in [1.807, 2.05) is 26.0 Å². The van der Waals surface area contributed by atoms with Crippen molar-refractivity contribution in [3.63, 3.8) is 0 Å². The molecule has 2 heterocycles. The molecule has 0 bridgehead atoms. The van der Waals surface area contributed by atoms with Crippen LogP contribution < -0.4 is 4.74 Å². The van der Waals surface area contributed by atoms with Gasteiger partial charge < -0.3 is 9.84 Å². The van der Waals surface area contributed by atoms with E-state index in [1.165, 1.54) is 18.1 Å². The molecule has 0 saturated heterocycles. The number of rotatable bonds is 5. The summed E-state index contributed by atoms with van der Waals surface area (Å²) < 4.78 is 5.64. The quantitative estimate of drug-likeness (QED) is 0.672. The molecule has 0 fully saturated rings. The fraction of sp³-hybridized carbons (Fsp3) is 0.357. The van der Waals surface area contributed by atoms with Crippen LogP contribution in [0.1, 0.15) is 24.7 Å². The van der Waals surface area contributed by atoms with E-state index in [0.717, 1.165) is 23.6 Å². The second-order valence-corrected chi connectivity index (χ2v) is 5.40. The highest BCUT2D eigenvalue weighted by Gasteiger charge is 2.13. The van der Waals surface area contributed by atoms with E-state index in [2.05, 4.69) is 21.9 Å². The van der Waals surface area contributed by atoms with Gasteiger partial charge in [0.2, 0.25) is 5.75 Å². The zero-order chi connectivity index (χ0) is 14.5. The van der Waals surface area contributed by atoms with Crippen molar-refractivity contribution < 1.29 is 9.84 Å². The molecule has 0 amide bonds. The van der Waals surface area contributed by atoms with Crippen LogP contribution in [0.4, 0.5) is 0 Å². The molecule has 6 heteroatoms. The van der Waals surface area contributed by atoms with Crippen molar-refractivity contribution in [1.29, 1.82) is 0 Å². The summed E-state index contributed by atoms with van der Waals surface area (Å²) in [5.74, 6) is 1.60. The maximum Gasteiger partial charge on any atom is 0.266 e. The lowest BCUT2D eigenvalue weighted by Crippen LogP contribution is -1.96. The van der Waals surface area contributed by atoms with Gasteiger partial charge in [0.1, 0.15) is 11.4 Å². The molecule has 1 N–H and O–H groups in total. The largest absolute Gasteiger partial charge is 0.501 e. The van der Waals surface area contributed by atoms with Crippen LogP contribution >= 0.6 is 11.8 Å². The number of thioether (sulfide) groups is 1. The highest BCUT2D eigenvalue weighted by molar-refractivity contribution is 7.99. The lowest BCUT2D eigenvalue weighted by molar-refractivity contribution is 0.381. The minimum absolute atomic E-state index is 0.0223. The summed E-state index contributed by atoms with van der Waals surface area (Å²) in [5, 5.41) is 10.7. The molecule has 0 atom stereocenters. The van der Waals surface area contributed by atoms with E-state index in [-0.39, 0.29) is 11.6 Å². The Kier molecular flexibility index (Phi) is 4.79. The van der Waals surface area contributed by atoms with Crippen LogP contribution in [0, 0.1) is 13.8 Å². The van der Waals surface area contributed by atoms with E-state index in [1.54, 1.807) is 0 Å². The zero-order valence-electron chi connectivity index (χ0n) is 11.8. The Morgan fingerprint density at radius 1 is 1.25 bits per heavy atom. The predicted molar refractivity (Wildman–Crippen MR) is 78.5 cm³/mol. The summed E-state index contributed by atoms with van der Waals surface area (Å²) in [4.78, 5) is 12.4. The van der Waals surface area contributed by atoms with Crippen LogP contribution in [0.3, 0.4) is 0 Å². The molecule has 0 saturated carbocycles. The zero-order valence-corrected chi connectivity index (χ0v) is 12.6. The SMILES string of the molecule is CCCSc1ncnc(Oc2ccc(C)nc2C)c1O. The molecule has 2 aromatic rings. The first-order chi connectivity index (χ1) is 9.61. The monoisotopic (exact) mass is 291 g/mol. The molecule has 20 heavy (non-hydrogen) atoms. The summed E-state index contributed by atoms with van der Waals surface area (Å²) in [6, 6.07) is 3.67. The van der Waals surface area contributed by atoms with Crippen molar-refractivity contribution in [2.24, 2.45) is 0 Å². The van der Waals surface area contributed by atoms with Crippen LogP contribution in [0.15, 0.2) is 23.5 Å². The maximum atomic E-state index is 10.1. The fourth-order valence-electron chi connectivity index (χ4n) is 1.61. The van der Waals surface area contributed by atoms with Crippen LogP contribution in [-0.4, -0.2) is 25.8 Å². The molecular weight excluding hydrogens is 274 g/mol. The van der Waals surface area contributed by atoms with Crippen LogP contribution in [0.25, 0.3) is 0 Å². The number of aromatic nitrogens is 3. The van der Waals surface area contributed by atoms with Crippen LogP contribution in [0.5, 0.6) is 17.4 Å². The van der Waals surface area contributed by atoms with Gasteiger partial charge in [0.15, 0.2) is 5.75 Å². The number of aryl methyl sites for hydroxylation is 2. The van der Waals surface area contributed by atoms with Crippen molar-refractivity contribution in [2.75, 3.05) is 5.75 Å². The molecule has 0 aliphatic rings. The first-order valence-corrected chi connectivity index (χ1v) is 7.39. The van der Waals surface area contributed by atoms with Crippen LogP contribution in [0.2, 0.25) is 0 Å². The Morgan fingerprint density at radius 2 is 2.05 bits per heavy atom. The van der Waals surface area contributed by atoms with E-state index < -0.39 is 0 Å². The van der Waals surface area contributed by atoms with E-state index in [0.29, 0.717) is 10.8 Å². The number of hydrogen-bond donors (Lipinski definition) is 1. The lowest BCUT2D eigenvalue weighted by Gasteiger charge is -2.10. The molecule has 2 rings (SSSR count). The van der Waals surface area contributed by atoms with Crippen LogP contribution in [-0.2, 0) is 0 Å². The van der Waals surface area contributed by atoms with E-state index in [4.69, 9.17) is 4.74 Å². The van der Waals surface area contributed by atoms with Gasteiger partial charge in [-0.05, 0) is 38.2 Å². The number of aromatic hydroxyl groups is 1. The molecule has 2 aromatic heterocycles. The average molecular weight is 291 g/mol. The molecule has 106 valence electrons. The Hall–Kier alpha value is -1.82. The first kappa shape index (κ1) is 14.6. The summed E-state index contributed by atoms with van der Waals surface area (Å²) in [5.41, 5.74) is 1.67. The lowest BCUT2D eigenvalue weighted by atomic mass is 10.3. The van der Waals surface area contributed by atoms with E-state index >= 15 is 0 Å². The Labute approximate surface area is 122 Å². The van der Waals surface area contributed by atoms with Crippen molar-refractivity contribution in [3.8, 4) is 17.4 Å². The molecule has 0 aliphatic carbocycles. The number of ether oxygens (including phenoxy) is 1. The average Bonchev–Trinajstić information content (AvgIpc) is 2.42. The van der Waals surface area contributed by atoms with Gasteiger partial charge in [0.25, 0.3) is 5.88 Å². The topological polar surface area (TPSA) is 68.1 Å². The van der Waals surface area contributed by atoms with Crippen molar-refractivity contribution in [2.45, 2.75) is 32.2 Å².